The molecule has 0 heterocycles. The molecule has 0 aliphatic carbocycles. The predicted molar refractivity (Wildman–Crippen MR) is 89.5 cm³/mol. The van der Waals surface area contributed by atoms with Crippen LogP contribution >= 0.6 is 0 Å². The van der Waals surface area contributed by atoms with Crippen molar-refractivity contribution < 1.29 is 8.42 Å². The summed E-state index contributed by atoms with van der Waals surface area (Å²) in [4.78, 5) is 2.21. The minimum atomic E-state index is -3.39. The van der Waals surface area contributed by atoms with E-state index in [1.54, 1.807) is 6.08 Å². The number of sulfonamides is 1. The normalized spacial score (nSPS) is 14.0. The van der Waals surface area contributed by atoms with Crippen molar-refractivity contribution in [3.05, 3.63) is 40.8 Å². The van der Waals surface area contributed by atoms with E-state index in [0.29, 0.717) is 6.54 Å². The van der Waals surface area contributed by atoms with Gasteiger partial charge in [0.1, 0.15) is 0 Å². The van der Waals surface area contributed by atoms with Gasteiger partial charge in [0, 0.05) is 18.0 Å². The second-order valence-corrected chi connectivity index (χ2v) is 6.83. The first-order valence-corrected chi connectivity index (χ1v) is 8.91. The first kappa shape index (κ1) is 17.9. The Balaban J connectivity index is 2.59. The lowest BCUT2D eigenvalue weighted by atomic mass is 10.2. The molecule has 0 aliphatic rings. The fourth-order valence-corrected chi connectivity index (χ4v) is 3.01. The lowest BCUT2D eigenvalue weighted by molar-refractivity contribution is 0.232. The molecule has 1 rings (SSSR count). The summed E-state index contributed by atoms with van der Waals surface area (Å²) in [5, 5.41) is 1.23. The Kier molecular flexibility index (Phi) is 7.08. The van der Waals surface area contributed by atoms with Crippen molar-refractivity contribution in [2.75, 3.05) is 19.6 Å². The third-order valence-corrected chi connectivity index (χ3v) is 4.60. The third kappa shape index (κ3) is 6.42. The van der Waals surface area contributed by atoms with Crippen molar-refractivity contribution in [2.45, 2.75) is 33.7 Å². The van der Waals surface area contributed by atoms with Gasteiger partial charge in [-0.2, -0.15) is 0 Å². The van der Waals surface area contributed by atoms with Crippen molar-refractivity contribution in [3.8, 4) is 0 Å². The number of rotatable bonds is 8. The molecule has 1 unspecified atom stereocenters. The van der Waals surface area contributed by atoms with Gasteiger partial charge in [0.05, 0.1) is 0 Å². The van der Waals surface area contributed by atoms with E-state index in [2.05, 4.69) is 23.5 Å². The zero-order chi connectivity index (χ0) is 15.9. The van der Waals surface area contributed by atoms with Crippen LogP contribution < -0.4 is 4.72 Å². The molecule has 1 aromatic carbocycles. The van der Waals surface area contributed by atoms with Crippen LogP contribution in [0.5, 0.6) is 0 Å². The first-order valence-electron chi connectivity index (χ1n) is 7.36. The molecule has 0 amide bonds. The summed E-state index contributed by atoms with van der Waals surface area (Å²) in [5.74, 6) is 0. The van der Waals surface area contributed by atoms with Crippen molar-refractivity contribution in [1.82, 2.24) is 9.62 Å². The van der Waals surface area contributed by atoms with Crippen molar-refractivity contribution in [3.63, 3.8) is 0 Å². The Morgan fingerprint density at radius 3 is 2.29 bits per heavy atom. The number of likely N-dealkylation sites (N-methyl/N-ethyl adjacent to an activating group) is 1. The standard InChI is InChI=1S/C16H26N2O2S/c1-5-18(6-2)15(4)13-17-21(19,20)12-11-16-9-7-14(3)8-10-16/h7-12,15,17H,5-6,13H2,1-4H3/b12-11+. The molecule has 1 atom stereocenters. The van der Waals surface area contributed by atoms with E-state index in [4.69, 9.17) is 0 Å². The highest BCUT2D eigenvalue weighted by atomic mass is 32.2. The molecule has 0 aliphatic heterocycles. The van der Waals surface area contributed by atoms with Crippen LogP contribution in [-0.2, 0) is 10.0 Å². The molecule has 21 heavy (non-hydrogen) atoms. The Morgan fingerprint density at radius 1 is 1.19 bits per heavy atom. The summed E-state index contributed by atoms with van der Waals surface area (Å²) in [6.45, 7) is 10.4. The zero-order valence-corrected chi connectivity index (χ0v) is 14.2. The molecule has 118 valence electrons. The summed E-state index contributed by atoms with van der Waals surface area (Å²) in [6, 6.07) is 7.91. The molecule has 0 aromatic heterocycles. The van der Waals surface area contributed by atoms with Gasteiger partial charge >= 0.3 is 0 Å². The SMILES string of the molecule is CCN(CC)C(C)CNS(=O)(=O)/C=C/c1ccc(C)cc1. The van der Waals surface area contributed by atoms with E-state index in [1.807, 2.05) is 38.1 Å². The largest absolute Gasteiger partial charge is 0.300 e. The first-order chi connectivity index (χ1) is 9.88. The van der Waals surface area contributed by atoms with Gasteiger partial charge in [-0.15, -0.1) is 0 Å². The Bertz CT molecular complexity index is 546. The van der Waals surface area contributed by atoms with Crippen LogP contribution in [0.2, 0.25) is 0 Å². The molecule has 0 bridgehead atoms. The average molecular weight is 310 g/mol. The van der Waals surface area contributed by atoms with Crippen LogP contribution in [-0.4, -0.2) is 39.0 Å². The van der Waals surface area contributed by atoms with Gasteiger partial charge in [-0.3, -0.25) is 4.90 Å². The van der Waals surface area contributed by atoms with E-state index >= 15 is 0 Å². The molecule has 1 N–H and O–H groups in total. The van der Waals surface area contributed by atoms with E-state index < -0.39 is 10.0 Å². The fraction of sp³-hybridized carbons (Fsp3) is 0.500. The van der Waals surface area contributed by atoms with Gasteiger partial charge in [0.15, 0.2) is 0 Å². The lowest BCUT2D eigenvalue weighted by Gasteiger charge is -2.26. The summed E-state index contributed by atoms with van der Waals surface area (Å²) >= 11 is 0. The van der Waals surface area contributed by atoms with Crippen molar-refractivity contribution in [1.29, 1.82) is 0 Å². The summed E-state index contributed by atoms with van der Waals surface area (Å²) < 4.78 is 26.5. The van der Waals surface area contributed by atoms with Crippen LogP contribution in [0.3, 0.4) is 0 Å². The molecule has 0 saturated carbocycles. The quantitative estimate of drug-likeness (QED) is 0.803. The van der Waals surface area contributed by atoms with Gasteiger partial charge < -0.3 is 0 Å². The highest BCUT2D eigenvalue weighted by Gasteiger charge is 2.13. The second kappa shape index (κ2) is 8.32. The number of hydrogen-bond donors (Lipinski definition) is 1. The molecule has 4 nitrogen and oxygen atoms in total. The highest BCUT2D eigenvalue weighted by Crippen LogP contribution is 2.06. The Labute approximate surface area is 128 Å². The van der Waals surface area contributed by atoms with Crippen LogP contribution in [0.1, 0.15) is 31.9 Å². The summed E-state index contributed by atoms with van der Waals surface area (Å²) in [7, 11) is -3.39. The number of nitrogens with one attached hydrogen (secondary N) is 1. The minimum absolute atomic E-state index is 0.183. The van der Waals surface area contributed by atoms with Crippen LogP contribution in [0, 0.1) is 6.92 Å². The number of aryl methyl sites for hydroxylation is 1. The maximum absolute atomic E-state index is 12.0. The molecule has 0 fully saturated rings. The fourth-order valence-electron chi connectivity index (χ4n) is 2.11. The molecule has 0 saturated heterocycles. The number of nitrogens with zero attached hydrogens (tertiary/aromatic N) is 1. The van der Waals surface area contributed by atoms with Crippen molar-refractivity contribution >= 4 is 16.1 Å². The second-order valence-electron chi connectivity index (χ2n) is 5.18. The van der Waals surface area contributed by atoms with Crippen molar-refractivity contribution in [2.24, 2.45) is 0 Å². The number of hydrogen-bond acceptors (Lipinski definition) is 3. The average Bonchev–Trinajstić information content (AvgIpc) is 2.46. The maximum atomic E-state index is 12.0. The third-order valence-electron chi connectivity index (χ3n) is 3.53. The lowest BCUT2D eigenvalue weighted by Crippen LogP contribution is -2.41. The van der Waals surface area contributed by atoms with E-state index in [1.165, 1.54) is 5.41 Å². The molecule has 0 radical (unpaired) electrons. The minimum Gasteiger partial charge on any atom is -0.300 e. The predicted octanol–water partition coefficient (Wildman–Crippen LogP) is 2.62. The molecule has 5 heteroatoms. The van der Waals surface area contributed by atoms with Gasteiger partial charge in [0.2, 0.25) is 10.0 Å². The van der Waals surface area contributed by atoms with E-state index in [-0.39, 0.29) is 6.04 Å². The van der Waals surface area contributed by atoms with Gasteiger partial charge in [0.25, 0.3) is 0 Å². The van der Waals surface area contributed by atoms with E-state index in [0.717, 1.165) is 24.2 Å². The molecular formula is C16H26N2O2S. The highest BCUT2D eigenvalue weighted by molar-refractivity contribution is 7.92. The zero-order valence-electron chi connectivity index (χ0n) is 13.3. The summed E-state index contributed by atoms with van der Waals surface area (Å²) in [6.07, 6.45) is 1.61. The maximum Gasteiger partial charge on any atom is 0.233 e. The topological polar surface area (TPSA) is 49.4 Å². The Morgan fingerprint density at radius 2 is 1.76 bits per heavy atom. The monoisotopic (exact) mass is 310 g/mol. The molecule has 1 aromatic rings. The van der Waals surface area contributed by atoms with Crippen LogP contribution in [0.25, 0.3) is 6.08 Å². The Hall–Kier alpha value is -1.17. The molecular weight excluding hydrogens is 284 g/mol. The van der Waals surface area contributed by atoms with Gasteiger partial charge in [-0.05, 0) is 38.6 Å². The van der Waals surface area contributed by atoms with Crippen LogP contribution in [0.4, 0.5) is 0 Å². The van der Waals surface area contributed by atoms with E-state index in [9.17, 15) is 8.42 Å². The smallest absolute Gasteiger partial charge is 0.233 e. The number of benzene rings is 1. The van der Waals surface area contributed by atoms with Gasteiger partial charge in [-0.25, -0.2) is 13.1 Å². The summed E-state index contributed by atoms with van der Waals surface area (Å²) in [5.41, 5.74) is 2.03. The molecule has 0 spiro atoms. The van der Waals surface area contributed by atoms with Crippen LogP contribution in [0.15, 0.2) is 29.7 Å². The van der Waals surface area contributed by atoms with Gasteiger partial charge in [-0.1, -0.05) is 43.7 Å².